The molecule has 2 heterocycles. The molecule has 0 aliphatic carbocycles. The van der Waals surface area contributed by atoms with E-state index in [1.807, 2.05) is 6.07 Å². The number of alkyl halides is 3. The topological polar surface area (TPSA) is 102 Å². The van der Waals surface area contributed by atoms with Crippen LogP contribution >= 0.6 is 11.8 Å². The second-order valence-corrected chi connectivity index (χ2v) is 6.98. The molecular formula is C18H12F3N7OS. The minimum absolute atomic E-state index is 0.151. The molecule has 0 bridgehead atoms. The molecule has 8 nitrogen and oxygen atoms in total. The summed E-state index contributed by atoms with van der Waals surface area (Å²) < 4.78 is 40.1. The minimum Gasteiger partial charge on any atom is -0.298 e. The van der Waals surface area contributed by atoms with Crippen LogP contribution in [0.2, 0.25) is 0 Å². The molecule has 0 aliphatic rings. The number of hydrogen-bond donors (Lipinski definition) is 1. The van der Waals surface area contributed by atoms with Gasteiger partial charge in [0.15, 0.2) is 16.7 Å². The van der Waals surface area contributed by atoms with Crippen molar-refractivity contribution in [2.75, 3.05) is 0 Å². The molecule has 0 radical (unpaired) electrons. The van der Waals surface area contributed by atoms with Gasteiger partial charge in [0.25, 0.3) is 5.56 Å². The van der Waals surface area contributed by atoms with Crippen LogP contribution in [0, 0.1) is 0 Å². The third kappa shape index (κ3) is 4.22. The lowest BCUT2D eigenvalue weighted by Gasteiger charge is -2.09. The largest absolute Gasteiger partial charge is 0.416 e. The molecule has 0 unspecified atom stereocenters. The molecule has 0 amide bonds. The van der Waals surface area contributed by atoms with Gasteiger partial charge in [0.2, 0.25) is 0 Å². The Morgan fingerprint density at radius 2 is 1.80 bits per heavy atom. The zero-order valence-electron chi connectivity index (χ0n) is 15.0. The van der Waals surface area contributed by atoms with E-state index in [0.717, 1.165) is 23.9 Å². The molecule has 0 aliphatic heterocycles. The predicted octanol–water partition coefficient (Wildman–Crippen LogP) is 3.12. The summed E-state index contributed by atoms with van der Waals surface area (Å²) in [7, 11) is 0. The molecular weight excluding hydrogens is 419 g/mol. The van der Waals surface area contributed by atoms with Crippen LogP contribution in [0.25, 0.3) is 16.9 Å². The van der Waals surface area contributed by atoms with Crippen LogP contribution in [0.15, 0.2) is 64.5 Å². The average Bonchev–Trinajstić information content (AvgIpc) is 3.21. The monoisotopic (exact) mass is 431 g/mol. The van der Waals surface area contributed by atoms with Gasteiger partial charge in [-0.25, -0.2) is 0 Å². The van der Waals surface area contributed by atoms with Crippen molar-refractivity contribution >= 4 is 11.8 Å². The Balaban J connectivity index is 1.53. The van der Waals surface area contributed by atoms with Crippen LogP contribution in [0.4, 0.5) is 13.2 Å². The summed E-state index contributed by atoms with van der Waals surface area (Å²) in [6.07, 6.45) is -4.48. The van der Waals surface area contributed by atoms with E-state index >= 15 is 0 Å². The van der Waals surface area contributed by atoms with E-state index in [-0.39, 0.29) is 28.1 Å². The number of aromatic amines is 1. The highest BCUT2D eigenvalue weighted by Crippen LogP contribution is 2.30. The minimum atomic E-state index is -4.48. The average molecular weight is 431 g/mol. The lowest BCUT2D eigenvalue weighted by molar-refractivity contribution is -0.137. The fourth-order valence-electron chi connectivity index (χ4n) is 2.62. The molecule has 0 saturated carbocycles. The SMILES string of the molecule is O=c1[nH]c(SCc2nnnn2-c2cccc(C(F)(F)F)c2)nnc1-c1ccccc1. The Morgan fingerprint density at radius 3 is 2.53 bits per heavy atom. The first kappa shape index (κ1) is 19.8. The van der Waals surface area contributed by atoms with Crippen molar-refractivity contribution in [3.05, 3.63) is 76.3 Å². The Morgan fingerprint density at radius 1 is 1.00 bits per heavy atom. The van der Waals surface area contributed by atoms with Crippen molar-refractivity contribution in [1.29, 1.82) is 0 Å². The molecule has 2 aromatic carbocycles. The first-order valence-electron chi connectivity index (χ1n) is 8.52. The molecule has 0 fully saturated rings. The molecule has 4 aromatic rings. The highest BCUT2D eigenvalue weighted by Gasteiger charge is 2.30. The van der Waals surface area contributed by atoms with Gasteiger partial charge in [0.1, 0.15) is 0 Å². The zero-order valence-corrected chi connectivity index (χ0v) is 15.9. The van der Waals surface area contributed by atoms with E-state index in [9.17, 15) is 18.0 Å². The number of thioether (sulfide) groups is 1. The number of tetrazole rings is 1. The van der Waals surface area contributed by atoms with Crippen molar-refractivity contribution < 1.29 is 13.2 Å². The second-order valence-electron chi connectivity index (χ2n) is 6.02. The standard InChI is InChI=1S/C18H12F3N7OS/c19-18(20,21)12-7-4-8-13(9-12)28-14(23-26-27-28)10-30-17-22-16(29)15(24-25-17)11-5-2-1-3-6-11/h1-9H,10H2,(H,22,25,29). The zero-order chi connectivity index (χ0) is 21.1. The fourth-order valence-corrected chi connectivity index (χ4v) is 3.32. The highest BCUT2D eigenvalue weighted by molar-refractivity contribution is 7.98. The van der Waals surface area contributed by atoms with E-state index in [0.29, 0.717) is 5.56 Å². The van der Waals surface area contributed by atoms with Gasteiger partial charge in [-0.05, 0) is 28.6 Å². The van der Waals surface area contributed by atoms with Crippen molar-refractivity contribution in [3.63, 3.8) is 0 Å². The van der Waals surface area contributed by atoms with Crippen molar-refractivity contribution in [2.45, 2.75) is 17.1 Å². The van der Waals surface area contributed by atoms with Crippen LogP contribution in [0.5, 0.6) is 0 Å². The normalized spacial score (nSPS) is 11.6. The maximum atomic E-state index is 13.0. The Hall–Kier alpha value is -3.54. The predicted molar refractivity (Wildman–Crippen MR) is 102 cm³/mol. The number of aromatic nitrogens is 7. The summed E-state index contributed by atoms with van der Waals surface area (Å²) in [4.78, 5) is 14.9. The van der Waals surface area contributed by atoms with Gasteiger partial charge >= 0.3 is 6.18 Å². The summed E-state index contributed by atoms with van der Waals surface area (Å²) in [5, 5.41) is 19.3. The van der Waals surface area contributed by atoms with E-state index in [2.05, 4.69) is 30.7 Å². The highest BCUT2D eigenvalue weighted by atomic mass is 32.2. The molecule has 30 heavy (non-hydrogen) atoms. The van der Waals surface area contributed by atoms with Crippen LogP contribution in [0.3, 0.4) is 0 Å². The molecule has 0 saturated heterocycles. The summed E-state index contributed by atoms with van der Waals surface area (Å²) in [5.41, 5.74) is -0.216. The maximum Gasteiger partial charge on any atom is 0.416 e. The molecule has 0 atom stereocenters. The van der Waals surface area contributed by atoms with Crippen molar-refractivity contribution in [3.8, 4) is 16.9 Å². The first-order valence-corrected chi connectivity index (χ1v) is 9.50. The maximum absolute atomic E-state index is 13.0. The number of nitrogens with zero attached hydrogens (tertiary/aromatic N) is 6. The molecule has 152 valence electrons. The van der Waals surface area contributed by atoms with Crippen LogP contribution in [-0.4, -0.2) is 35.4 Å². The molecule has 2 aromatic heterocycles. The number of halogens is 3. The fraction of sp³-hybridized carbons (Fsp3) is 0.111. The van der Waals surface area contributed by atoms with Gasteiger partial charge in [-0.1, -0.05) is 48.2 Å². The van der Waals surface area contributed by atoms with Gasteiger partial charge < -0.3 is 0 Å². The third-order valence-corrected chi connectivity index (χ3v) is 4.87. The van der Waals surface area contributed by atoms with Gasteiger partial charge in [-0.3, -0.25) is 9.78 Å². The number of rotatable bonds is 5. The van der Waals surface area contributed by atoms with Crippen molar-refractivity contribution in [1.82, 2.24) is 35.4 Å². The molecule has 4 rings (SSSR count). The van der Waals surface area contributed by atoms with E-state index in [1.165, 1.54) is 16.8 Å². The van der Waals surface area contributed by atoms with Crippen molar-refractivity contribution in [2.24, 2.45) is 0 Å². The molecule has 0 spiro atoms. The van der Waals surface area contributed by atoms with Crippen LogP contribution in [-0.2, 0) is 11.9 Å². The Bertz CT molecular complexity index is 1220. The van der Waals surface area contributed by atoms with Gasteiger partial charge in [0, 0.05) is 5.56 Å². The first-order chi connectivity index (χ1) is 14.4. The smallest absolute Gasteiger partial charge is 0.298 e. The van der Waals surface area contributed by atoms with Gasteiger partial charge in [0.05, 0.1) is 17.0 Å². The number of benzene rings is 2. The summed E-state index contributed by atoms with van der Waals surface area (Å²) >= 11 is 1.10. The van der Waals surface area contributed by atoms with E-state index in [4.69, 9.17) is 0 Å². The number of H-pyrrole nitrogens is 1. The summed E-state index contributed by atoms with van der Waals surface area (Å²) in [6.45, 7) is 0. The second kappa shape index (κ2) is 8.06. The lowest BCUT2D eigenvalue weighted by atomic mass is 10.2. The third-order valence-electron chi connectivity index (χ3n) is 4.01. The summed E-state index contributed by atoms with van der Waals surface area (Å²) in [5.74, 6) is 0.438. The Labute approximate surface area is 171 Å². The van der Waals surface area contributed by atoms with Gasteiger partial charge in [-0.15, -0.1) is 15.3 Å². The molecule has 1 N–H and O–H groups in total. The number of nitrogens with one attached hydrogen (secondary N) is 1. The lowest BCUT2D eigenvalue weighted by Crippen LogP contribution is -2.14. The van der Waals surface area contributed by atoms with E-state index in [1.54, 1.807) is 24.3 Å². The number of hydrogen-bond acceptors (Lipinski definition) is 7. The summed E-state index contributed by atoms with van der Waals surface area (Å²) in [6, 6.07) is 13.6. The Kier molecular flexibility index (Phi) is 5.31. The van der Waals surface area contributed by atoms with Crippen LogP contribution < -0.4 is 5.56 Å². The molecule has 12 heteroatoms. The van der Waals surface area contributed by atoms with E-state index < -0.39 is 17.3 Å². The van der Waals surface area contributed by atoms with Crippen LogP contribution in [0.1, 0.15) is 11.4 Å². The quantitative estimate of drug-likeness (QED) is 0.485. The van der Waals surface area contributed by atoms with Gasteiger partial charge in [-0.2, -0.15) is 17.9 Å².